The van der Waals surface area contributed by atoms with Crippen LogP contribution in [0.5, 0.6) is 0 Å². The molecule has 0 aromatic rings. The van der Waals surface area contributed by atoms with Crippen LogP contribution >= 0.6 is 12.2 Å². The second-order valence-electron chi connectivity index (χ2n) is 5.25. The van der Waals surface area contributed by atoms with E-state index < -0.39 is 5.41 Å². The van der Waals surface area contributed by atoms with Crippen molar-refractivity contribution in [3.05, 3.63) is 0 Å². The molecule has 96 valence electrons. The minimum absolute atomic E-state index is 0.173. The SMILES string of the molecule is CN1CCCN(C(=O)C2(C(N)=S)CCC2)CC1. The summed E-state index contributed by atoms with van der Waals surface area (Å²) in [6, 6.07) is 0. The highest BCUT2D eigenvalue weighted by Gasteiger charge is 2.48. The molecule has 1 heterocycles. The van der Waals surface area contributed by atoms with E-state index in [0.29, 0.717) is 4.99 Å². The van der Waals surface area contributed by atoms with E-state index in [4.69, 9.17) is 18.0 Å². The van der Waals surface area contributed by atoms with Gasteiger partial charge >= 0.3 is 0 Å². The zero-order chi connectivity index (χ0) is 12.5. The zero-order valence-electron chi connectivity index (χ0n) is 10.4. The first-order chi connectivity index (χ1) is 8.06. The van der Waals surface area contributed by atoms with E-state index in [1.54, 1.807) is 0 Å². The Kier molecular flexibility index (Phi) is 3.68. The number of amides is 1. The standard InChI is InChI=1S/C12H21N3OS/c1-14-6-3-7-15(9-8-14)11(16)12(10(13)17)4-2-5-12/h2-9H2,1H3,(H2,13,17). The molecule has 1 saturated heterocycles. The molecule has 17 heavy (non-hydrogen) atoms. The average molecular weight is 255 g/mol. The molecule has 1 saturated carbocycles. The first-order valence-corrected chi connectivity index (χ1v) is 6.75. The van der Waals surface area contributed by atoms with Gasteiger partial charge in [-0.05, 0) is 32.9 Å². The van der Waals surface area contributed by atoms with Gasteiger partial charge < -0.3 is 15.5 Å². The van der Waals surface area contributed by atoms with Crippen LogP contribution in [0.2, 0.25) is 0 Å². The molecule has 5 heteroatoms. The van der Waals surface area contributed by atoms with Crippen LogP contribution in [0.25, 0.3) is 0 Å². The predicted molar refractivity (Wildman–Crippen MR) is 71.8 cm³/mol. The van der Waals surface area contributed by atoms with Gasteiger partial charge in [0.05, 0.1) is 10.4 Å². The lowest BCUT2D eigenvalue weighted by atomic mass is 9.67. The third-order valence-electron chi connectivity index (χ3n) is 4.09. The lowest BCUT2D eigenvalue weighted by Gasteiger charge is -2.42. The summed E-state index contributed by atoms with van der Waals surface area (Å²) in [5, 5.41) is 0. The number of nitrogens with two attached hydrogens (primary N) is 1. The third-order valence-corrected chi connectivity index (χ3v) is 4.49. The van der Waals surface area contributed by atoms with Crippen LogP contribution in [0, 0.1) is 5.41 Å². The Morgan fingerprint density at radius 2 is 1.88 bits per heavy atom. The fourth-order valence-corrected chi connectivity index (χ4v) is 2.94. The largest absolute Gasteiger partial charge is 0.392 e. The monoisotopic (exact) mass is 255 g/mol. The second-order valence-corrected chi connectivity index (χ2v) is 5.69. The van der Waals surface area contributed by atoms with Gasteiger partial charge in [-0.3, -0.25) is 4.79 Å². The number of carbonyl (C=O) groups excluding carboxylic acids is 1. The van der Waals surface area contributed by atoms with Crippen molar-refractivity contribution in [3.63, 3.8) is 0 Å². The van der Waals surface area contributed by atoms with Gasteiger partial charge in [0.1, 0.15) is 0 Å². The summed E-state index contributed by atoms with van der Waals surface area (Å²) >= 11 is 5.10. The number of rotatable bonds is 2. The zero-order valence-corrected chi connectivity index (χ0v) is 11.3. The molecule has 0 bridgehead atoms. The molecular weight excluding hydrogens is 234 g/mol. The van der Waals surface area contributed by atoms with Crippen LogP contribution in [0.15, 0.2) is 0 Å². The van der Waals surface area contributed by atoms with Crippen LogP contribution in [-0.2, 0) is 4.79 Å². The molecule has 2 rings (SSSR count). The van der Waals surface area contributed by atoms with Crippen molar-refractivity contribution in [2.45, 2.75) is 25.7 Å². The average Bonchev–Trinajstić information content (AvgIpc) is 2.40. The van der Waals surface area contributed by atoms with Gasteiger partial charge in [-0.15, -0.1) is 0 Å². The van der Waals surface area contributed by atoms with E-state index in [1.165, 1.54) is 0 Å². The number of hydrogen-bond acceptors (Lipinski definition) is 3. The van der Waals surface area contributed by atoms with Gasteiger partial charge in [-0.1, -0.05) is 18.6 Å². The maximum Gasteiger partial charge on any atom is 0.235 e. The van der Waals surface area contributed by atoms with E-state index in [1.807, 2.05) is 4.90 Å². The van der Waals surface area contributed by atoms with Crippen molar-refractivity contribution < 1.29 is 4.79 Å². The van der Waals surface area contributed by atoms with Crippen LogP contribution in [0.3, 0.4) is 0 Å². The Balaban J connectivity index is 2.06. The highest BCUT2D eigenvalue weighted by molar-refractivity contribution is 7.80. The predicted octanol–water partition coefficient (Wildman–Crippen LogP) is 0.607. The molecule has 0 aromatic carbocycles. The molecule has 2 aliphatic rings. The summed E-state index contributed by atoms with van der Waals surface area (Å²) in [5.41, 5.74) is 5.28. The van der Waals surface area contributed by atoms with Crippen molar-refractivity contribution in [1.29, 1.82) is 0 Å². The fraction of sp³-hybridized carbons (Fsp3) is 0.833. The summed E-state index contributed by atoms with van der Waals surface area (Å²) in [5.74, 6) is 0.173. The molecule has 2 fully saturated rings. The number of thiocarbonyl (C=S) groups is 1. The van der Waals surface area contributed by atoms with E-state index >= 15 is 0 Å². The quantitative estimate of drug-likeness (QED) is 0.734. The number of hydrogen-bond donors (Lipinski definition) is 1. The molecule has 4 nitrogen and oxygen atoms in total. The van der Waals surface area contributed by atoms with E-state index in [-0.39, 0.29) is 5.91 Å². The molecule has 1 aliphatic heterocycles. The molecule has 0 atom stereocenters. The molecule has 0 unspecified atom stereocenters. The molecule has 0 aromatic heterocycles. The van der Waals surface area contributed by atoms with Gasteiger partial charge in [-0.25, -0.2) is 0 Å². The number of likely N-dealkylation sites (N-methyl/N-ethyl adjacent to an activating group) is 1. The second kappa shape index (κ2) is 4.90. The molecular formula is C12H21N3OS. The topological polar surface area (TPSA) is 49.6 Å². The maximum absolute atomic E-state index is 12.5. The van der Waals surface area contributed by atoms with Gasteiger partial charge in [0.15, 0.2) is 0 Å². The van der Waals surface area contributed by atoms with Crippen molar-refractivity contribution in [3.8, 4) is 0 Å². The van der Waals surface area contributed by atoms with E-state index in [0.717, 1.165) is 51.9 Å². The summed E-state index contributed by atoms with van der Waals surface area (Å²) in [6.07, 6.45) is 3.79. The maximum atomic E-state index is 12.5. The minimum atomic E-state index is -0.502. The van der Waals surface area contributed by atoms with Crippen LogP contribution in [-0.4, -0.2) is 53.9 Å². The van der Waals surface area contributed by atoms with Crippen molar-refractivity contribution in [2.24, 2.45) is 11.1 Å². The Morgan fingerprint density at radius 3 is 2.41 bits per heavy atom. The van der Waals surface area contributed by atoms with Crippen LogP contribution in [0.4, 0.5) is 0 Å². The highest BCUT2D eigenvalue weighted by atomic mass is 32.1. The Hall–Kier alpha value is -0.680. The van der Waals surface area contributed by atoms with Crippen LogP contribution in [0.1, 0.15) is 25.7 Å². The van der Waals surface area contributed by atoms with Gasteiger partial charge in [0.2, 0.25) is 5.91 Å². The highest BCUT2D eigenvalue weighted by Crippen LogP contribution is 2.43. The van der Waals surface area contributed by atoms with E-state index in [2.05, 4.69) is 11.9 Å². The molecule has 2 N–H and O–H groups in total. The lowest BCUT2D eigenvalue weighted by Crippen LogP contribution is -2.55. The van der Waals surface area contributed by atoms with Crippen LogP contribution < -0.4 is 5.73 Å². The summed E-state index contributed by atoms with van der Waals surface area (Å²) in [4.78, 5) is 17.2. The molecule has 0 spiro atoms. The summed E-state index contributed by atoms with van der Waals surface area (Å²) in [7, 11) is 2.10. The number of nitrogens with zero attached hydrogens (tertiary/aromatic N) is 2. The summed E-state index contributed by atoms with van der Waals surface area (Å²) in [6.45, 7) is 3.65. The van der Waals surface area contributed by atoms with E-state index in [9.17, 15) is 4.79 Å². The molecule has 1 aliphatic carbocycles. The fourth-order valence-electron chi connectivity index (χ4n) is 2.65. The third kappa shape index (κ3) is 2.31. The number of carbonyl (C=O) groups is 1. The molecule has 1 amide bonds. The minimum Gasteiger partial charge on any atom is -0.392 e. The first-order valence-electron chi connectivity index (χ1n) is 6.34. The van der Waals surface area contributed by atoms with Gasteiger partial charge in [0, 0.05) is 19.6 Å². The Labute approximate surface area is 108 Å². The normalized spacial score (nSPS) is 24.9. The lowest BCUT2D eigenvalue weighted by molar-refractivity contribution is -0.141. The molecule has 0 radical (unpaired) electrons. The smallest absolute Gasteiger partial charge is 0.235 e. The first kappa shape index (κ1) is 12.8. The van der Waals surface area contributed by atoms with Crippen molar-refractivity contribution in [1.82, 2.24) is 9.80 Å². The van der Waals surface area contributed by atoms with Crippen molar-refractivity contribution >= 4 is 23.1 Å². The Bertz CT molecular complexity index is 328. The van der Waals surface area contributed by atoms with Gasteiger partial charge in [0.25, 0.3) is 0 Å². The van der Waals surface area contributed by atoms with Gasteiger partial charge in [-0.2, -0.15) is 0 Å². The Morgan fingerprint density at radius 1 is 1.18 bits per heavy atom. The van der Waals surface area contributed by atoms with Crippen molar-refractivity contribution in [2.75, 3.05) is 33.2 Å². The summed E-state index contributed by atoms with van der Waals surface area (Å²) < 4.78 is 0.